The lowest BCUT2D eigenvalue weighted by molar-refractivity contribution is 0.0374. The molecule has 5 rings (SSSR count). The normalized spacial score (nSPS) is 16.3. The van der Waals surface area contributed by atoms with Gasteiger partial charge in [0.2, 0.25) is 0 Å². The van der Waals surface area contributed by atoms with Crippen molar-refractivity contribution < 1.29 is 18.7 Å². The number of hydrogen-bond acceptors (Lipinski definition) is 9. The molecule has 14 heteroatoms. The molecular formula is C29H37ClFN9O3. The van der Waals surface area contributed by atoms with Gasteiger partial charge in [0.1, 0.15) is 0 Å². The number of nitrogens with two attached hydrogens (primary N) is 1. The van der Waals surface area contributed by atoms with E-state index in [1.807, 2.05) is 12.1 Å². The first-order valence-corrected chi connectivity index (χ1v) is 14.7. The SMILES string of the molecule is Cc1c(F)c(N)cc(C(=O)Nc2cc(-n3cc(C(=O)NCCCN4CCOCC4)nn3)ccc2N2CCN(C)CC2)c1Cl. The maximum Gasteiger partial charge on any atom is 0.273 e. The first-order valence-electron chi connectivity index (χ1n) is 14.3. The van der Waals surface area contributed by atoms with Gasteiger partial charge in [0.15, 0.2) is 11.5 Å². The quantitative estimate of drug-likeness (QED) is 0.246. The molecule has 2 amide bonds. The number of nitrogens with one attached hydrogen (secondary N) is 2. The van der Waals surface area contributed by atoms with E-state index in [4.69, 9.17) is 22.1 Å². The Balaban J connectivity index is 1.33. The predicted molar refractivity (Wildman–Crippen MR) is 164 cm³/mol. The van der Waals surface area contributed by atoms with E-state index in [2.05, 4.69) is 42.7 Å². The van der Waals surface area contributed by atoms with Crippen molar-refractivity contribution in [3.05, 3.63) is 58.1 Å². The average Bonchev–Trinajstić information content (AvgIpc) is 3.52. The Morgan fingerprint density at radius 1 is 1.09 bits per heavy atom. The summed E-state index contributed by atoms with van der Waals surface area (Å²) in [6.45, 7) is 9.44. The summed E-state index contributed by atoms with van der Waals surface area (Å²) in [6.07, 6.45) is 2.37. The fourth-order valence-electron chi connectivity index (χ4n) is 5.16. The molecule has 0 aliphatic carbocycles. The van der Waals surface area contributed by atoms with Crippen LogP contribution < -0.4 is 21.3 Å². The Kier molecular flexibility index (Phi) is 9.76. The zero-order chi connectivity index (χ0) is 30.5. The zero-order valence-corrected chi connectivity index (χ0v) is 25.2. The number of rotatable bonds is 9. The Hall–Kier alpha value is -3.78. The van der Waals surface area contributed by atoms with Crippen molar-refractivity contribution in [2.45, 2.75) is 13.3 Å². The number of piperazine rings is 1. The monoisotopic (exact) mass is 613 g/mol. The van der Waals surface area contributed by atoms with Crippen molar-refractivity contribution in [2.24, 2.45) is 0 Å². The van der Waals surface area contributed by atoms with Crippen LogP contribution in [0.2, 0.25) is 5.02 Å². The van der Waals surface area contributed by atoms with E-state index in [0.29, 0.717) is 17.9 Å². The van der Waals surface area contributed by atoms with Gasteiger partial charge in [0.05, 0.1) is 52.7 Å². The van der Waals surface area contributed by atoms with Crippen LogP contribution in [0.4, 0.5) is 21.5 Å². The smallest absolute Gasteiger partial charge is 0.273 e. The minimum Gasteiger partial charge on any atom is -0.396 e. The highest BCUT2D eigenvalue weighted by atomic mass is 35.5. The van der Waals surface area contributed by atoms with Crippen molar-refractivity contribution in [1.29, 1.82) is 0 Å². The number of nitrogens with zero attached hydrogens (tertiary/aromatic N) is 6. The molecule has 2 fully saturated rings. The molecule has 230 valence electrons. The number of ether oxygens (including phenoxy) is 1. The number of nitrogen functional groups attached to an aromatic ring is 1. The molecule has 0 atom stereocenters. The molecule has 1 aromatic heterocycles. The summed E-state index contributed by atoms with van der Waals surface area (Å²) in [4.78, 5) is 32.9. The van der Waals surface area contributed by atoms with Crippen molar-refractivity contribution in [1.82, 2.24) is 30.1 Å². The van der Waals surface area contributed by atoms with Gasteiger partial charge < -0.3 is 30.9 Å². The molecule has 0 spiro atoms. The standard InChI is InChI=1S/C29H37ClFN9O3/c1-19-26(30)21(17-22(32)27(19)31)28(41)34-23-16-20(4-5-25(23)39-10-8-37(2)9-11-39)40-18-24(35-36-40)29(42)33-6-3-7-38-12-14-43-15-13-38/h4-5,16-18H,3,6-15,32H2,1-2H3,(H,33,42)(H,34,41). The van der Waals surface area contributed by atoms with Gasteiger partial charge in [0.25, 0.3) is 11.8 Å². The molecule has 3 aromatic rings. The summed E-state index contributed by atoms with van der Waals surface area (Å²) in [7, 11) is 2.06. The van der Waals surface area contributed by atoms with Gasteiger partial charge in [-0.2, -0.15) is 0 Å². The van der Waals surface area contributed by atoms with Gasteiger partial charge in [-0.15, -0.1) is 5.10 Å². The number of carbonyl (C=O) groups excluding carboxylic acids is 2. The lowest BCUT2D eigenvalue weighted by Gasteiger charge is -2.35. The fourth-order valence-corrected chi connectivity index (χ4v) is 5.38. The van der Waals surface area contributed by atoms with Crippen LogP contribution in [0.25, 0.3) is 5.69 Å². The van der Waals surface area contributed by atoms with E-state index in [-0.39, 0.29) is 33.4 Å². The second kappa shape index (κ2) is 13.7. The van der Waals surface area contributed by atoms with Crippen LogP contribution in [0.1, 0.15) is 32.8 Å². The number of halogens is 2. The molecule has 4 N–H and O–H groups in total. The second-order valence-electron chi connectivity index (χ2n) is 10.8. The van der Waals surface area contributed by atoms with E-state index >= 15 is 0 Å². The summed E-state index contributed by atoms with van der Waals surface area (Å²) >= 11 is 6.34. The molecule has 2 aliphatic rings. The third-order valence-electron chi connectivity index (χ3n) is 7.80. The minimum atomic E-state index is -0.648. The molecule has 0 saturated carbocycles. The molecule has 12 nitrogen and oxygen atoms in total. The largest absolute Gasteiger partial charge is 0.396 e. The van der Waals surface area contributed by atoms with Gasteiger partial charge in [-0.1, -0.05) is 16.8 Å². The highest BCUT2D eigenvalue weighted by Gasteiger charge is 2.23. The van der Waals surface area contributed by atoms with Crippen LogP contribution in [0.5, 0.6) is 0 Å². The van der Waals surface area contributed by atoms with Crippen molar-refractivity contribution in [3.63, 3.8) is 0 Å². The third kappa shape index (κ3) is 7.24. The van der Waals surface area contributed by atoms with Crippen LogP contribution in [0.15, 0.2) is 30.5 Å². The van der Waals surface area contributed by atoms with Gasteiger partial charge in [-0.05, 0) is 51.2 Å². The number of aromatic nitrogens is 3. The molecular weight excluding hydrogens is 577 g/mol. The van der Waals surface area contributed by atoms with Crippen molar-refractivity contribution >= 4 is 40.5 Å². The molecule has 43 heavy (non-hydrogen) atoms. The fraction of sp³-hybridized carbons (Fsp3) is 0.448. The molecule has 2 aliphatic heterocycles. The molecule has 2 aromatic carbocycles. The van der Waals surface area contributed by atoms with Gasteiger partial charge in [0, 0.05) is 51.4 Å². The maximum atomic E-state index is 14.3. The Bertz CT molecular complexity index is 1470. The lowest BCUT2D eigenvalue weighted by atomic mass is 10.1. The number of carbonyl (C=O) groups is 2. The van der Waals surface area contributed by atoms with Gasteiger partial charge >= 0.3 is 0 Å². The number of anilines is 3. The number of amides is 2. The Labute approximate surface area is 254 Å². The summed E-state index contributed by atoms with van der Waals surface area (Å²) < 4.78 is 21.1. The minimum absolute atomic E-state index is 0.00150. The first-order chi connectivity index (χ1) is 20.7. The summed E-state index contributed by atoms with van der Waals surface area (Å²) in [6, 6.07) is 6.75. The highest BCUT2D eigenvalue weighted by Crippen LogP contribution is 2.32. The predicted octanol–water partition coefficient (Wildman–Crippen LogP) is 2.41. The Morgan fingerprint density at radius 3 is 2.58 bits per heavy atom. The van der Waals surface area contributed by atoms with Crippen LogP contribution in [-0.2, 0) is 4.74 Å². The van der Waals surface area contributed by atoms with Crippen LogP contribution >= 0.6 is 11.6 Å². The van der Waals surface area contributed by atoms with Gasteiger partial charge in [-0.3, -0.25) is 14.5 Å². The number of morpholine rings is 1. The van der Waals surface area contributed by atoms with E-state index in [9.17, 15) is 14.0 Å². The number of likely N-dealkylation sites (N-methyl/N-ethyl adjacent to an activating group) is 1. The van der Waals surface area contributed by atoms with Crippen molar-refractivity contribution in [3.8, 4) is 5.69 Å². The summed E-state index contributed by atoms with van der Waals surface area (Å²) in [5, 5.41) is 14.1. The van der Waals surface area contributed by atoms with E-state index in [1.165, 1.54) is 17.7 Å². The third-order valence-corrected chi connectivity index (χ3v) is 8.28. The molecule has 0 bridgehead atoms. The summed E-state index contributed by atoms with van der Waals surface area (Å²) in [5.74, 6) is -1.48. The number of benzene rings is 2. The molecule has 3 heterocycles. The maximum absolute atomic E-state index is 14.3. The van der Waals surface area contributed by atoms with Crippen molar-refractivity contribution in [2.75, 3.05) is 88.6 Å². The van der Waals surface area contributed by atoms with E-state index in [0.717, 1.165) is 71.1 Å². The van der Waals surface area contributed by atoms with E-state index < -0.39 is 11.7 Å². The molecule has 0 radical (unpaired) electrons. The highest BCUT2D eigenvalue weighted by molar-refractivity contribution is 6.35. The number of hydrogen-bond donors (Lipinski definition) is 3. The average molecular weight is 614 g/mol. The Morgan fingerprint density at radius 2 is 1.84 bits per heavy atom. The topological polar surface area (TPSA) is 134 Å². The zero-order valence-electron chi connectivity index (χ0n) is 24.4. The lowest BCUT2D eigenvalue weighted by Crippen LogP contribution is -2.44. The van der Waals surface area contributed by atoms with Gasteiger partial charge in [-0.25, -0.2) is 9.07 Å². The van der Waals surface area contributed by atoms with E-state index in [1.54, 1.807) is 12.3 Å². The second-order valence-corrected chi connectivity index (χ2v) is 11.2. The molecule has 0 unspecified atom stereocenters. The van der Waals surface area contributed by atoms with Crippen LogP contribution in [0, 0.1) is 12.7 Å². The molecule has 2 saturated heterocycles. The summed E-state index contributed by atoms with van der Waals surface area (Å²) in [5.41, 5.74) is 7.91. The first kappa shape index (κ1) is 30.7. The van der Waals surface area contributed by atoms with Crippen LogP contribution in [-0.4, -0.2) is 109 Å². The van der Waals surface area contributed by atoms with Crippen LogP contribution in [0.3, 0.4) is 0 Å².